The van der Waals surface area contributed by atoms with E-state index in [0.29, 0.717) is 15.5 Å². The lowest BCUT2D eigenvalue weighted by Crippen LogP contribution is -2.28. The Hall–Kier alpha value is -1.18. The number of hydrogen-bond donors (Lipinski definition) is 0. The van der Waals surface area contributed by atoms with Crippen molar-refractivity contribution in [2.24, 2.45) is 0 Å². The molecular formula is C13H18N2OSi. The van der Waals surface area contributed by atoms with Gasteiger partial charge in [-0.3, -0.25) is 0 Å². The Labute approximate surface area is 106 Å². The number of aromatic nitrogens is 1. The van der Waals surface area contributed by atoms with Crippen LogP contribution in [0.3, 0.4) is 0 Å². The van der Waals surface area contributed by atoms with Gasteiger partial charge in [0.15, 0.2) is 0 Å². The van der Waals surface area contributed by atoms with Crippen molar-refractivity contribution in [1.82, 2.24) is 4.98 Å². The quantitative estimate of drug-likeness (QED) is 0.770. The summed E-state index contributed by atoms with van der Waals surface area (Å²) in [7, 11) is 0.393. The molecule has 0 amide bonds. The Balaban J connectivity index is 2.85. The molecule has 1 heterocycles. The zero-order chi connectivity index (χ0) is 13.1. The minimum atomic E-state index is -0.460. The Bertz CT molecular complexity index is 430. The molecule has 0 fully saturated rings. The standard InChI is InChI=1S/C13H18N2OSi/c1-12(2,3)17-16-13(4,5)11-8-6-7-10(9-14)15-11/h6-8H,1-5H3. The molecule has 1 aromatic rings. The third-order valence-corrected chi connectivity index (χ3v) is 3.32. The highest BCUT2D eigenvalue weighted by Crippen LogP contribution is 2.28. The average molecular weight is 246 g/mol. The van der Waals surface area contributed by atoms with Crippen LogP contribution in [0.5, 0.6) is 0 Å². The lowest BCUT2D eigenvalue weighted by Gasteiger charge is -2.28. The second-order valence-corrected chi connectivity index (χ2v) is 7.39. The fraction of sp³-hybridized carbons (Fsp3) is 0.538. The van der Waals surface area contributed by atoms with Crippen LogP contribution in [0, 0.1) is 11.3 Å². The second-order valence-electron chi connectivity index (χ2n) is 5.48. The van der Waals surface area contributed by atoms with Gasteiger partial charge >= 0.3 is 0 Å². The van der Waals surface area contributed by atoms with Crippen LogP contribution in [0.1, 0.15) is 46.0 Å². The third kappa shape index (κ3) is 4.29. The molecule has 4 heteroatoms. The number of nitriles is 1. The Kier molecular flexibility index (Phi) is 4.07. The van der Waals surface area contributed by atoms with Crippen molar-refractivity contribution in [3.63, 3.8) is 0 Å². The normalized spacial score (nSPS) is 12.2. The number of rotatable bonds is 3. The molecule has 0 aromatic carbocycles. The van der Waals surface area contributed by atoms with Gasteiger partial charge in [0.1, 0.15) is 11.8 Å². The van der Waals surface area contributed by atoms with E-state index < -0.39 is 5.60 Å². The zero-order valence-corrected chi connectivity index (χ0v) is 12.0. The molecular weight excluding hydrogens is 228 g/mol. The van der Waals surface area contributed by atoms with Crippen molar-refractivity contribution in [3.8, 4) is 6.07 Å². The maximum absolute atomic E-state index is 8.84. The van der Waals surface area contributed by atoms with Gasteiger partial charge in [-0.25, -0.2) is 4.98 Å². The summed E-state index contributed by atoms with van der Waals surface area (Å²) in [4.78, 5) is 4.28. The molecule has 0 aliphatic rings. The average Bonchev–Trinajstić information content (AvgIpc) is 2.26. The molecule has 1 rings (SSSR count). The largest absolute Gasteiger partial charge is 0.406 e. The van der Waals surface area contributed by atoms with Crippen LogP contribution in [0.2, 0.25) is 5.04 Å². The molecule has 0 atom stereocenters. The van der Waals surface area contributed by atoms with Crippen LogP contribution in [0.4, 0.5) is 0 Å². The summed E-state index contributed by atoms with van der Waals surface area (Å²) in [5, 5.41) is 8.98. The van der Waals surface area contributed by atoms with Gasteiger partial charge in [-0.1, -0.05) is 26.8 Å². The molecule has 3 nitrogen and oxygen atoms in total. The van der Waals surface area contributed by atoms with Gasteiger partial charge in [-0.05, 0) is 31.0 Å². The molecule has 0 saturated carbocycles. The summed E-state index contributed by atoms with van der Waals surface area (Å²) in [5.74, 6) is 0. The van der Waals surface area contributed by atoms with Gasteiger partial charge < -0.3 is 4.43 Å². The van der Waals surface area contributed by atoms with Gasteiger partial charge in [-0.15, -0.1) is 0 Å². The van der Waals surface area contributed by atoms with E-state index in [1.54, 1.807) is 6.07 Å². The number of hydrogen-bond acceptors (Lipinski definition) is 3. The first-order valence-electron chi connectivity index (χ1n) is 5.57. The molecule has 0 aliphatic heterocycles. The molecule has 90 valence electrons. The van der Waals surface area contributed by atoms with E-state index in [-0.39, 0.29) is 5.04 Å². The van der Waals surface area contributed by atoms with Gasteiger partial charge in [0.25, 0.3) is 0 Å². The third-order valence-electron chi connectivity index (χ3n) is 2.09. The van der Waals surface area contributed by atoms with Crippen molar-refractivity contribution in [3.05, 3.63) is 29.6 Å². The predicted molar refractivity (Wildman–Crippen MR) is 68.5 cm³/mol. The summed E-state index contributed by atoms with van der Waals surface area (Å²) in [6.07, 6.45) is 0. The van der Waals surface area contributed by atoms with Gasteiger partial charge in [-0.2, -0.15) is 5.26 Å². The van der Waals surface area contributed by atoms with E-state index in [1.165, 1.54) is 0 Å². The summed E-state index contributed by atoms with van der Waals surface area (Å²) in [6, 6.07) is 7.48. The van der Waals surface area contributed by atoms with E-state index in [1.807, 2.05) is 32.0 Å². The summed E-state index contributed by atoms with van der Waals surface area (Å²) < 4.78 is 5.94. The fourth-order valence-corrected chi connectivity index (χ4v) is 1.83. The Morgan fingerprint density at radius 3 is 2.41 bits per heavy atom. The maximum Gasteiger partial charge on any atom is 0.237 e. The van der Waals surface area contributed by atoms with Crippen LogP contribution in [0.15, 0.2) is 18.2 Å². The molecule has 0 N–H and O–H groups in total. The monoisotopic (exact) mass is 246 g/mol. The molecule has 0 spiro atoms. The highest BCUT2D eigenvalue weighted by atomic mass is 28.2. The van der Waals surface area contributed by atoms with Crippen molar-refractivity contribution >= 4 is 9.76 Å². The topological polar surface area (TPSA) is 45.9 Å². The minimum absolute atomic E-state index is 0.143. The van der Waals surface area contributed by atoms with Crippen LogP contribution >= 0.6 is 0 Å². The SMILES string of the molecule is CC(C)(C)[Si]OC(C)(C)c1cccc(C#N)n1. The minimum Gasteiger partial charge on any atom is -0.406 e. The lowest BCUT2D eigenvalue weighted by atomic mass is 10.0. The molecule has 0 aliphatic carbocycles. The summed E-state index contributed by atoms with van der Waals surface area (Å²) in [5.41, 5.74) is 0.769. The zero-order valence-electron chi connectivity index (χ0n) is 11.0. The molecule has 0 bridgehead atoms. The fourth-order valence-electron chi connectivity index (χ4n) is 1.17. The van der Waals surface area contributed by atoms with E-state index in [9.17, 15) is 0 Å². The van der Waals surface area contributed by atoms with Crippen molar-refractivity contribution in [1.29, 1.82) is 5.26 Å². The number of nitrogens with zero attached hydrogens (tertiary/aromatic N) is 2. The first-order valence-corrected chi connectivity index (χ1v) is 6.48. The van der Waals surface area contributed by atoms with Crippen molar-refractivity contribution in [2.75, 3.05) is 0 Å². The second kappa shape index (κ2) is 4.99. The Morgan fingerprint density at radius 2 is 1.88 bits per heavy atom. The smallest absolute Gasteiger partial charge is 0.237 e. The van der Waals surface area contributed by atoms with Crippen molar-refractivity contribution in [2.45, 2.75) is 45.3 Å². The van der Waals surface area contributed by atoms with Gasteiger partial charge in [0.05, 0.1) is 11.3 Å². The van der Waals surface area contributed by atoms with Crippen LogP contribution < -0.4 is 0 Å². The molecule has 0 saturated heterocycles. The van der Waals surface area contributed by atoms with Crippen molar-refractivity contribution < 1.29 is 4.43 Å². The van der Waals surface area contributed by atoms with Gasteiger partial charge in [0, 0.05) is 0 Å². The van der Waals surface area contributed by atoms with Crippen LogP contribution in [-0.4, -0.2) is 14.7 Å². The maximum atomic E-state index is 8.84. The molecule has 0 unspecified atom stereocenters. The van der Waals surface area contributed by atoms with E-state index in [2.05, 4.69) is 25.8 Å². The molecule has 1 aromatic heterocycles. The highest BCUT2D eigenvalue weighted by Gasteiger charge is 2.26. The highest BCUT2D eigenvalue weighted by molar-refractivity contribution is 6.31. The van der Waals surface area contributed by atoms with E-state index in [4.69, 9.17) is 9.69 Å². The predicted octanol–water partition coefficient (Wildman–Crippen LogP) is 3.04. The molecule has 17 heavy (non-hydrogen) atoms. The molecule has 2 radical (unpaired) electrons. The summed E-state index contributed by atoms with van der Waals surface area (Å²) in [6.45, 7) is 10.4. The van der Waals surface area contributed by atoms with E-state index >= 15 is 0 Å². The van der Waals surface area contributed by atoms with Gasteiger partial charge in [0.2, 0.25) is 9.76 Å². The first-order chi connectivity index (χ1) is 7.74. The Morgan fingerprint density at radius 1 is 1.24 bits per heavy atom. The van der Waals surface area contributed by atoms with Crippen LogP contribution in [-0.2, 0) is 10.0 Å². The van der Waals surface area contributed by atoms with E-state index in [0.717, 1.165) is 5.69 Å². The summed E-state index contributed by atoms with van der Waals surface area (Å²) >= 11 is 0. The van der Waals surface area contributed by atoms with Crippen LogP contribution in [0.25, 0.3) is 0 Å². The number of pyridine rings is 1. The lowest BCUT2D eigenvalue weighted by molar-refractivity contribution is 0.104. The first kappa shape index (κ1) is 13.9.